The van der Waals surface area contributed by atoms with Crippen molar-refractivity contribution in [1.29, 1.82) is 0 Å². The predicted octanol–water partition coefficient (Wildman–Crippen LogP) is 4.24. The van der Waals surface area contributed by atoms with Crippen molar-refractivity contribution in [2.75, 3.05) is 13.1 Å². The lowest BCUT2D eigenvalue weighted by molar-refractivity contribution is -0.142. The maximum atomic E-state index is 13.4. The highest BCUT2D eigenvalue weighted by Gasteiger charge is 2.39. The number of aromatic nitrogens is 1. The molecule has 0 radical (unpaired) electrons. The van der Waals surface area contributed by atoms with Crippen LogP contribution in [0.15, 0.2) is 24.3 Å². The van der Waals surface area contributed by atoms with Crippen LogP contribution < -0.4 is 0 Å². The molecule has 1 saturated heterocycles. The van der Waals surface area contributed by atoms with Gasteiger partial charge in [0.2, 0.25) is 0 Å². The SMILES string of the molecule is O=C(O)CN1CCCC[C@H]1[C@@H](O)c1cc(C(F)(F)F)nc2c(C(F)(F)F)cccc12. The molecule has 2 heterocycles. The maximum Gasteiger partial charge on any atom is 0.433 e. The van der Waals surface area contributed by atoms with Gasteiger partial charge in [0.05, 0.1) is 23.7 Å². The summed E-state index contributed by atoms with van der Waals surface area (Å²) in [5.74, 6) is -1.18. The highest BCUT2D eigenvalue weighted by molar-refractivity contribution is 5.86. The van der Waals surface area contributed by atoms with Crippen molar-refractivity contribution in [2.45, 2.75) is 43.8 Å². The summed E-state index contributed by atoms with van der Waals surface area (Å²) in [5, 5.41) is 19.7. The summed E-state index contributed by atoms with van der Waals surface area (Å²) in [6, 6.07) is 2.52. The quantitative estimate of drug-likeness (QED) is 0.702. The number of carbonyl (C=O) groups is 1. The van der Waals surface area contributed by atoms with Crippen molar-refractivity contribution >= 4 is 16.9 Å². The zero-order valence-corrected chi connectivity index (χ0v) is 15.5. The van der Waals surface area contributed by atoms with E-state index in [9.17, 15) is 36.2 Å². The number of hydrogen-bond acceptors (Lipinski definition) is 4. The summed E-state index contributed by atoms with van der Waals surface area (Å²) in [4.78, 5) is 15.7. The number of para-hydroxylation sites is 1. The van der Waals surface area contributed by atoms with Crippen LogP contribution in [0.3, 0.4) is 0 Å². The molecule has 0 spiro atoms. The topological polar surface area (TPSA) is 73.7 Å². The van der Waals surface area contributed by atoms with E-state index in [1.807, 2.05) is 0 Å². The first-order valence-electron chi connectivity index (χ1n) is 9.11. The van der Waals surface area contributed by atoms with Crippen LogP contribution in [0.25, 0.3) is 10.9 Å². The molecule has 1 fully saturated rings. The molecule has 3 rings (SSSR count). The molecule has 5 nitrogen and oxygen atoms in total. The van der Waals surface area contributed by atoms with Crippen LogP contribution in [0.2, 0.25) is 0 Å². The number of halogens is 6. The molecule has 2 aromatic rings. The number of likely N-dealkylation sites (tertiary alicyclic amines) is 1. The standard InChI is InChI=1S/C19H18F6N2O3/c20-18(21,22)12-5-3-4-10-11(8-14(19(23,24)25)26-16(10)12)17(30)13-6-1-2-7-27(13)9-15(28)29/h3-5,8,13,17,30H,1-2,6-7,9H2,(H,28,29)/t13-,17-/m0/s1. The molecular weight excluding hydrogens is 418 g/mol. The van der Waals surface area contributed by atoms with E-state index in [0.29, 0.717) is 37.9 Å². The van der Waals surface area contributed by atoms with Crippen LogP contribution in [0.5, 0.6) is 0 Å². The number of benzene rings is 1. The molecule has 0 aliphatic carbocycles. The number of carboxylic acid groups (broad SMARTS) is 1. The predicted molar refractivity (Wildman–Crippen MR) is 93.6 cm³/mol. The maximum absolute atomic E-state index is 13.4. The van der Waals surface area contributed by atoms with Gasteiger partial charge in [0, 0.05) is 11.4 Å². The van der Waals surface area contributed by atoms with Crippen molar-refractivity contribution in [1.82, 2.24) is 9.88 Å². The Hall–Kier alpha value is -2.40. The number of aliphatic carboxylic acids is 1. The van der Waals surface area contributed by atoms with E-state index in [4.69, 9.17) is 5.11 Å². The molecule has 1 aliphatic rings. The number of alkyl halides is 6. The summed E-state index contributed by atoms with van der Waals surface area (Å²) < 4.78 is 80.2. The summed E-state index contributed by atoms with van der Waals surface area (Å²) in [6.07, 6.45) is -10.1. The lowest BCUT2D eigenvalue weighted by Crippen LogP contribution is -2.45. The molecule has 2 N–H and O–H groups in total. The number of pyridine rings is 1. The Labute approximate surface area is 166 Å². The van der Waals surface area contributed by atoms with Crippen LogP contribution in [-0.4, -0.2) is 45.2 Å². The molecule has 0 amide bonds. The number of fused-ring (bicyclic) bond motifs is 1. The van der Waals surface area contributed by atoms with E-state index >= 15 is 0 Å². The Morgan fingerprint density at radius 3 is 2.47 bits per heavy atom. The third-order valence-electron chi connectivity index (χ3n) is 5.15. The normalized spacial score (nSPS) is 19.8. The zero-order chi connectivity index (χ0) is 22.3. The van der Waals surface area contributed by atoms with E-state index in [-0.39, 0.29) is 10.9 Å². The zero-order valence-electron chi connectivity index (χ0n) is 15.5. The van der Waals surface area contributed by atoms with E-state index in [1.165, 1.54) is 11.0 Å². The van der Waals surface area contributed by atoms with Gasteiger partial charge in [-0.25, -0.2) is 4.98 Å². The summed E-state index contributed by atoms with van der Waals surface area (Å²) in [5.41, 5.74) is -4.16. The number of aliphatic hydroxyl groups excluding tert-OH is 1. The van der Waals surface area contributed by atoms with Gasteiger partial charge in [0.1, 0.15) is 5.69 Å². The highest BCUT2D eigenvalue weighted by atomic mass is 19.4. The van der Waals surface area contributed by atoms with Gasteiger partial charge in [-0.15, -0.1) is 0 Å². The monoisotopic (exact) mass is 436 g/mol. The fourth-order valence-corrected chi connectivity index (χ4v) is 3.84. The average molecular weight is 436 g/mol. The van der Waals surface area contributed by atoms with Gasteiger partial charge < -0.3 is 10.2 Å². The van der Waals surface area contributed by atoms with Crippen molar-refractivity contribution in [3.05, 3.63) is 41.1 Å². The molecule has 1 aromatic heterocycles. The number of piperidine rings is 1. The molecular formula is C19H18F6N2O3. The minimum absolute atomic E-state index is 0.258. The first-order chi connectivity index (χ1) is 13.9. The first kappa shape index (κ1) is 22.3. The van der Waals surface area contributed by atoms with E-state index in [1.54, 1.807) is 0 Å². The Morgan fingerprint density at radius 2 is 1.87 bits per heavy atom. The van der Waals surface area contributed by atoms with Crippen LogP contribution >= 0.6 is 0 Å². The molecule has 2 atom stereocenters. The molecule has 0 saturated carbocycles. The summed E-state index contributed by atoms with van der Waals surface area (Å²) in [6.45, 7) is -0.137. The highest BCUT2D eigenvalue weighted by Crippen LogP contribution is 2.40. The molecule has 11 heteroatoms. The summed E-state index contributed by atoms with van der Waals surface area (Å²) >= 11 is 0. The minimum Gasteiger partial charge on any atom is -0.480 e. The third kappa shape index (κ3) is 4.51. The largest absolute Gasteiger partial charge is 0.480 e. The van der Waals surface area contributed by atoms with Crippen LogP contribution in [-0.2, 0) is 17.1 Å². The smallest absolute Gasteiger partial charge is 0.433 e. The first-order valence-corrected chi connectivity index (χ1v) is 9.11. The average Bonchev–Trinajstić information content (AvgIpc) is 2.64. The van der Waals surface area contributed by atoms with Gasteiger partial charge in [-0.05, 0) is 37.1 Å². The second-order valence-electron chi connectivity index (χ2n) is 7.17. The van der Waals surface area contributed by atoms with Crippen LogP contribution in [0, 0.1) is 0 Å². The van der Waals surface area contributed by atoms with Crippen molar-refractivity contribution in [3.8, 4) is 0 Å². The Kier molecular flexibility index (Phi) is 5.96. The van der Waals surface area contributed by atoms with E-state index in [0.717, 1.165) is 6.07 Å². The molecule has 0 bridgehead atoms. The van der Waals surface area contributed by atoms with Crippen molar-refractivity contribution in [2.24, 2.45) is 0 Å². The van der Waals surface area contributed by atoms with Gasteiger partial charge >= 0.3 is 18.3 Å². The van der Waals surface area contributed by atoms with Gasteiger partial charge in [-0.3, -0.25) is 9.69 Å². The summed E-state index contributed by atoms with van der Waals surface area (Å²) in [7, 11) is 0. The lowest BCUT2D eigenvalue weighted by atomic mass is 9.90. The van der Waals surface area contributed by atoms with Gasteiger partial charge in [0.15, 0.2) is 0 Å². The van der Waals surface area contributed by atoms with Crippen molar-refractivity contribution in [3.63, 3.8) is 0 Å². The molecule has 1 aromatic carbocycles. The second kappa shape index (κ2) is 8.03. The van der Waals surface area contributed by atoms with Gasteiger partial charge in [0.25, 0.3) is 0 Å². The van der Waals surface area contributed by atoms with Crippen LogP contribution in [0.4, 0.5) is 26.3 Å². The number of carboxylic acids is 1. The van der Waals surface area contributed by atoms with E-state index < -0.39 is 53.8 Å². The number of hydrogen-bond donors (Lipinski definition) is 2. The fraction of sp³-hybridized carbons (Fsp3) is 0.474. The van der Waals surface area contributed by atoms with Gasteiger partial charge in [-0.2, -0.15) is 26.3 Å². The van der Waals surface area contributed by atoms with Crippen molar-refractivity contribution < 1.29 is 41.4 Å². The number of aliphatic hydroxyl groups is 1. The Balaban J connectivity index is 2.19. The molecule has 1 aliphatic heterocycles. The Morgan fingerprint density at radius 1 is 1.17 bits per heavy atom. The van der Waals surface area contributed by atoms with Crippen LogP contribution in [0.1, 0.15) is 42.2 Å². The second-order valence-corrected chi connectivity index (χ2v) is 7.17. The molecule has 0 unspecified atom stereocenters. The Bertz CT molecular complexity index is 944. The number of nitrogens with zero attached hydrogens (tertiary/aromatic N) is 2. The minimum atomic E-state index is -5.03. The van der Waals surface area contributed by atoms with Gasteiger partial charge in [-0.1, -0.05) is 18.6 Å². The fourth-order valence-electron chi connectivity index (χ4n) is 3.84. The van der Waals surface area contributed by atoms with E-state index in [2.05, 4.69) is 4.98 Å². The third-order valence-corrected chi connectivity index (χ3v) is 5.15. The lowest BCUT2D eigenvalue weighted by Gasteiger charge is -2.38. The molecule has 164 valence electrons. The number of rotatable bonds is 4. The molecule has 30 heavy (non-hydrogen) atoms.